The molecule has 3 heteroatoms. The Kier molecular flexibility index (Phi) is 4.99. The van der Waals surface area contributed by atoms with Gasteiger partial charge in [0, 0.05) is 31.4 Å². The van der Waals surface area contributed by atoms with Crippen LogP contribution in [0.4, 0.5) is 11.4 Å². The summed E-state index contributed by atoms with van der Waals surface area (Å²) in [6, 6.07) is 15.9. The van der Waals surface area contributed by atoms with E-state index >= 15 is 0 Å². The maximum atomic E-state index is 12.2. The minimum absolute atomic E-state index is 0.111. The Bertz CT molecular complexity index is 588. The van der Waals surface area contributed by atoms with Crippen molar-refractivity contribution in [3.05, 3.63) is 59.7 Å². The van der Waals surface area contributed by atoms with Crippen LogP contribution < -0.4 is 10.2 Å². The number of nitrogens with one attached hydrogen (secondary N) is 1. The molecule has 0 saturated carbocycles. The highest BCUT2D eigenvalue weighted by atomic mass is 16.2. The second kappa shape index (κ2) is 6.93. The number of nitrogens with zero attached hydrogens (tertiary/aromatic N) is 1. The number of carbonyl (C=O) groups is 1. The van der Waals surface area contributed by atoms with Crippen LogP contribution in [-0.2, 0) is 4.79 Å². The lowest BCUT2D eigenvalue weighted by atomic mass is 10.1. The van der Waals surface area contributed by atoms with Gasteiger partial charge in [0.15, 0.2) is 0 Å². The highest BCUT2D eigenvalue weighted by Crippen LogP contribution is 2.19. The number of anilines is 2. The number of rotatable bonds is 5. The molecule has 1 amide bonds. The third-order valence-corrected chi connectivity index (χ3v) is 3.64. The number of carbonyl (C=O) groups excluding carboxylic acids is 1. The van der Waals surface area contributed by atoms with Crippen molar-refractivity contribution in [1.29, 1.82) is 0 Å². The molecule has 0 radical (unpaired) electrons. The fraction of sp³-hybridized carbons (Fsp3) is 0.278. The summed E-state index contributed by atoms with van der Waals surface area (Å²) in [4.78, 5) is 13.9. The van der Waals surface area contributed by atoms with Crippen LogP contribution in [-0.4, -0.2) is 19.5 Å². The highest BCUT2D eigenvalue weighted by Gasteiger charge is 2.10. The Morgan fingerprint density at radius 2 is 1.62 bits per heavy atom. The van der Waals surface area contributed by atoms with Gasteiger partial charge in [-0.15, -0.1) is 0 Å². The summed E-state index contributed by atoms with van der Waals surface area (Å²) in [5.74, 6) is 0.111. The third kappa shape index (κ3) is 3.85. The summed E-state index contributed by atoms with van der Waals surface area (Å²) in [5, 5.41) is 3.37. The number of para-hydroxylation sites is 2. The largest absolute Gasteiger partial charge is 0.384 e. The summed E-state index contributed by atoms with van der Waals surface area (Å²) in [5.41, 5.74) is 4.47. The molecule has 1 N–H and O–H groups in total. The van der Waals surface area contributed by atoms with Gasteiger partial charge in [0.25, 0.3) is 0 Å². The average molecular weight is 282 g/mol. The van der Waals surface area contributed by atoms with Gasteiger partial charge in [-0.3, -0.25) is 4.79 Å². The van der Waals surface area contributed by atoms with Crippen LogP contribution >= 0.6 is 0 Å². The summed E-state index contributed by atoms with van der Waals surface area (Å²) in [6.07, 6.45) is 0.471. The van der Waals surface area contributed by atoms with E-state index in [1.54, 1.807) is 4.90 Å². The van der Waals surface area contributed by atoms with Crippen molar-refractivity contribution in [1.82, 2.24) is 0 Å². The fourth-order valence-electron chi connectivity index (χ4n) is 2.35. The lowest BCUT2D eigenvalue weighted by Gasteiger charge is -2.18. The van der Waals surface area contributed by atoms with Gasteiger partial charge in [-0.25, -0.2) is 0 Å². The van der Waals surface area contributed by atoms with E-state index in [4.69, 9.17) is 0 Å². The van der Waals surface area contributed by atoms with Crippen molar-refractivity contribution in [3.8, 4) is 0 Å². The van der Waals surface area contributed by atoms with E-state index in [-0.39, 0.29) is 5.91 Å². The van der Waals surface area contributed by atoms with Crippen molar-refractivity contribution < 1.29 is 4.79 Å². The quantitative estimate of drug-likeness (QED) is 0.905. The van der Waals surface area contributed by atoms with Gasteiger partial charge in [0.1, 0.15) is 0 Å². The molecule has 0 bridgehead atoms. The maximum absolute atomic E-state index is 12.2. The number of benzene rings is 2. The zero-order valence-corrected chi connectivity index (χ0v) is 12.9. The molecule has 2 aromatic rings. The van der Waals surface area contributed by atoms with E-state index in [9.17, 15) is 4.79 Å². The van der Waals surface area contributed by atoms with Crippen LogP contribution in [0.15, 0.2) is 48.5 Å². The number of hydrogen-bond donors (Lipinski definition) is 1. The van der Waals surface area contributed by atoms with E-state index in [1.807, 2.05) is 43.4 Å². The van der Waals surface area contributed by atoms with E-state index in [0.717, 1.165) is 11.4 Å². The number of hydrogen-bond acceptors (Lipinski definition) is 2. The maximum Gasteiger partial charge on any atom is 0.228 e. The van der Waals surface area contributed by atoms with Crippen molar-refractivity contribution >= 4 is 17.3 Å². The number of aryl methyl sites for hydroxylation is 2. The third-order valence-electron chi connectivity index (χ3n) is 3.64. The predicted molar refractivity (Wildman–Crippen MR) is 88.9 cm³/mol. The lowest BCUT2D eigenvalue weighted by molar-refractivity contribution is -0.118. The molecule has 2 aromatic carbocycles. The van der Waals surface area contributed by atoms with Crippen LogP contribution in [0.5, 0.6) is 0 Å². The molecule has 3 nitrogen and oxygen atoms in total. The topological polar surface area (TPSA) is 32.3 Å². The van der Waals surface area contributed by atoms with E-state index in [2.05, 4.69) is 31.3 Å². The van der Waals surface area contributed by atoms with E-state index in [1.165, 1.54) is 11.1 Å². The average Bonchev–Trinajstić information content (AvgIpc) is 2.50. The van der Waals surface area contributed by atoms with E-state index in [0.29, 0.717) is 13.0 Å². The molecule has 110 valence electrons. The SMILES string of the molecule is Cc1cccc(C)c1NCCC(=O)N(C)c1ccccc1. The van der Waals surface area contributed by atoms with Gasteiger partial charge >= 0.3 is 0 Å². The van der Waals surface area contributed by atoms with Crippen molar-refractivity contribution in [2.45, 2.75) is 20.3 Å². The van der Waals surface area contributed by atoms with Crippen LogP contribution in [0.2, 0.25) is 0 Å². The zero-order chi connectivity index (χ0) is 15.2. The molecule has 21 heavy (non-hydrogen) atoms. The van der Waals surface area contributed by atoms with Gasteiger partial charge in [-0.2, -0.15) is 0 Å². The summed E-state index contributed by atoms with van der Waals surface area (Å²) in [6.45, 7) is 4.79. The van der Waals surface area contributed by atoms with Crippen LogP contribution in [0.25, 0.3) is 0 Å². The first-order valence-electron chi connectivity index (χ1n) is 7.21. The molecule has 0 aliphatic carbocycles. The molecule has 0 heterocycles. The molecule has 0 saturated heterocycles. The molecular weight excluding hydrogens is 260 g/mol. The first kappa shape index (κ1) is 15.1. The minimum atomic E-state index is 0.111. The molecule has 0 aromatic heterocycles. The van der Waals surface area contributed by atoms with E-state index < -0.39 is 0 Å². The Balaban J connectivity index is 1.90. The van der Waals surface area contributed by atoms with Gasteiger partial charge in [-0.1, -0.05) is 36.4 Å². The van der Waals surface area contributed by atoms with Crippen molar-refractivity contribution in [3.63, 3.8) is 0 Å². The van der Waals surface area contributed by atoms with Crippen LogP contribution in [0.1, 0.15) is 17.5 Å². The Hall–Kier alpha value is -2.29. The second-order valence-corrected chi connectivity index (χ2v) is 5.23. The zero-order valence-electron chi connectivity index (χ0n) is 12.9. The summed E-state index contributed by atoms with van der Waals surface area (Å²) >= 11 is 0. The predicted octanol–water partition coefficient (Wildman–Crippen LogP) is 3.77. The summed E-state index contributed by atoms with van der Waals surface area (Å²) < 4.78 is 0. The number of amides is 1. The van der Waals surface area contributed by atoms with Gasteiger partial charge in [-0.05, 0) is 37.1 Å². The van der Waals surface area contributed by atoms with Crippen LogP contribution in [0.3, 0.4) is 0 Å². The molecule has 0 aliphatic rings. The fourth-order valence-corrected chi connectivity index (χ4v) is 2.35. The highest BCUT2D eigenvalue weighted by molar-refractivity contribution is 5.93. The first-order valence-corrected chi connectivity index (χ1v) is 7.21. The van der Waals surface area contributed by atoms with Gasteiger partial charge in [0.2, 0.25) is 5.91 Å². The monoisotopic (exact) mass is 282 g/mol. The standard InChI is InChI=1S/C18H22N2O/c1-14-8-7-9-15(2)18(14)19-13-12-17(21)20(3)16-10-5-4-6-11-16/h4-11,19H,12-13H2,1-3H3. The molecule has 2 rings (SSSR count). The van der Waals surface area contributed by atoms with Crippen molar-refractivity contribution in [2.75, 3.05) is 23.8 Å². The van der Waals surface area contributed by atoms with Gasteiger partial charge in [0.05, 0.1) is 0 Å². The molecule has 0 unspecified atom stereocenters. The Morgan fingerprint density at radius 1 is 1.00 bits per heavy atom. The Morgan fingerprint density at radius 3 is 2.24 bits per heavy atom. The smallest absolute Gasteiger partial charge is 0.228 e. The summed E-state index contributed by atoms with van der Waals surface area (Å²) in [7, 11) is 1.82. The molecule has 0 fully saturated rings. The lowest BCUT2D eigenvalue weighted by Crippen LogP contribution is -2.27. The molecule has 0 atom stereocenters. The molecular formula is C18H22N2O. The molecule has 0 aliphatic heterocycles. The van der Waals surface area contributed by atoms with Crippen molar-refractivity contribution in [2.24, 2.45) is 0 Å². The van der Waals surface area contributed by atoms with Gasteiger partial charge < -0.3 is 10.2 Å². The molecule has 0 spiro atoms. The normalized spacial score (nSPS) is 10.2. The van der Waals surface area contributed by atoms with Crippen LogP contribution in [0, 0.1) is 13.8 Å². The minimum Gasteiger partial charge on any atom is -0.384 e. The Labute approximate surface area is 126 Å². The first-order chi connectivity index (χ1) is 10.1. The second-order valence-electron chi connectivity index (χ2n) is 5.23.